The highest BCUT2D eigenvalue weighted by Crippen LogP contribution is 2.33. The second kappa shape index (κ2) is 4.57. The van der Waals surface area contributed by atoms with Gasteiger partial charge < -0.3 is 9.72 Å². The number of hydrogen-bond donors (Lipinski definition) is 1. The minimum Gasteiger partial charge on any atom is -0.404 e. The lowest BCUT2D eigenvalue weighted by molar-refractivity contribution is -0.274. The van der Waals surface area contributed by atoms with Gasteiger partial charge in [-0.2, -0.15) is 0 Å². The average Bonchev–Trinajstić information content (AvgIpc) is 2.66. The Morgan fingerprint density at radius 2 is 1.94 bits per heavy atom. The normalized spacial score (nSPS) is 11.6. The quantitative estimate of drug-likeness (QED) is 0.855. The fraction of sp³-hybridized carbons (Fsp3) is 0.167. The minimum atomic E-state index is -4.74. The van der Waals surface area contributed by atoms with E-state index in [1.54, 1.807) is 6.20 Å². The molecule has 0 saturated heterocycles. The van der Waals surface area contributed by atoms with Gasteiger partial charge in [0, 0.05) is 11.9 Å². The molecule has 0 saturated carbocycles. The van der Waals surface area contributed by atoms with Crippen LogP contribution in [0.15, 0.2) is 30.5 Å². The lowest BCUT2D eigenvalue weighted by Gasteiger charge is -2.10. The van der Waals surface area contributed by atoms with Crippen LogP contribution in [-0.2, 0) is 0 Å². The molecule has 0 radical (unpaired) electrons. The average molecular weight is 276 g/mol. The van der Waals surface area contributed by atoms with Crippen LogP contribution in [-0.4, -0.2) is 11.3 Å². The molecule has 1 aromatic heterocycles. The number of aryl methyl sites for hydroxylation is 1. The predicted molar refractivity (Wildman–Crippen MR) is 62.7 cm³/mol. The molecule has 0 fully saturated rings. The highest BCUT2D eigenvalue weighted by atomic mass is 35.5. The monoisotopic (exact) mass is 275 g/mol. The van der Waals surface area contributed by atoms with E-state index in [9.17, 15) is 13.2 Å². The summed E-state index contributed by atoms with van der Waals surface area (Å²) < 4.78 is 40.0. The Morgan fingerprint density at radius 1 is 1.22 bits per heavy atom. The summed E-state index contributed by atoms with van der Waals surface area (Å²) in [6, 6.07) is 6.00. The van der Waals surface area contributed by atoms with Crippen molar-refractivity contribution in [3.63, 3.8) is 0 Å². The molecule has 18 heavy (non-hydrogen) atoms. The van der Waals surface area contributed by atoms with Crippen molar-refractivity contribution in [1.82, 2.24) is 4.98 Å². The molecule has 0 bridgehead atoms. The first-order chi connectivity index (χ1) is 8.35. The van der Waals surface area contributed by atoms with Crippen molar-refractivity contribution in [3.05, 3.63) is 41.0 Å². The highest BCUT2D eigenvalue weighted by molar-refractivity contribution is 6.32. The number of aromatic amines is 1. The Morgan fingerprint density at radius 3 is 2.44 bits per heavy atom. The van der Waals surface area contributed by atoms with Crippen molar-refractivity contribution < 1.29 is 17.9 Å². The van der Waals surface area contributed by atoms with Gasteiger partial charge in [0.2, 0.25) is 0 Å². The van der Waals surface area contributed by atoms with E-state index in [0.717, 1.165) is 11.3 Å². The Labute approximate surface area is 106 Å². The van der Waals surface area contributed by atoms with Crippen molar-refractivity contribution in [2.75, 3.05) is 0 Å². The third kappa shape index (κ3) is 2.98. The Kier molecular flexibility index (Phi) is 3.26. The molecule has 2 aromatic rings. The van der Waals surface area contributed by atoms with Crippen LogP contribution in [0, 0.1) is 6.92 Å². The summed E-state index contributed by atoms with van der Waals surface area (Å²) in [5, 5.41) is -0.0860. The number of halogens is 4. The molecule has 2 rings (SSSR count). The number of benzene rings is 1. The van der Waals surface area contributed by atoms with Crippen LogP contribution in [0.1, 0.15) is 5.56 Å². The number of hydrogen-bond acceptors (Lipinski definition) is 1. The summed E-state index contributed by atoms with van der Waals surface area (Å²) in [6.07, 6.45) is -2.95. The number of H-pyrrole nitrogens is 1. The van der Waals surface area contributed by atoms with E-state index in [2.05, 4.69) is 9.72 Å². The van der Waals surface area contributed by atoms with Gasteiger partial charge in [-0.1, -0.05) is 11.6 Å². The van der Waals surface area contributed by atoms with E-state index < -0.39 is 12.1 Å². The molecule has 0 unspecified atom stereocenters. The van der Waals surface area contributed by atoms with Crippen molar-refractivity contribution in [1.29, 1.82) is 0 Å². The summed E-state index contributed by atoms with van der Waals surface area (Å²) in [7, 11) is 0. The minimum absolute atomic E-state index is 0.0860. The van der Waals surface area contributed by atoms with E-state index >= 15 is 0 Å². The van der Waals surface area contributed by atoms with Crippen LogP contribution in [0.3, 0.4) is 0 Å². The first kappa shape index (κ1) is 12.8. The molecule has 0 spiro atoms. The third-order valence-electron chi connectivity index (χ3n) is 2.30. The van der Waals surface area contributed by atoms with E-state index in [0.29, 0.717) is 5.56 Å². The molecule has 2 nitrogen and oxygen atoms in total. The number of rotatable bonds is 2. The Bertz CT molecular complexity index is 563. The van der Waals surface area contributed by atoms with Crippen LogP contribution >= 0.6 is 11.6 Å². The summed E-state index contributed by atoms with van der Waals surface area (Å²) in [4.78, 5) is 2.99. The van der Waals surface area contributed by atoms with Crippen molar-refractivity contribution >= 4 is 11.6 Å². The zero-order valence-electron chi connectivity index (χ0n) is 9.31. The molecule has 0 aliphatic heterocycles. The first-order valence-electron chi connectivity index (χ1n) is 5.06. The number of alkyl halides is 3. The fourth-order valence-electron chi connectivity index (χ4n) is 1.55. The van der Waals surface area contributed by atoms with Crippen LogP contribution in [0.4, 0.5) is 13.2 Å². The molecular formula is C12H9ClF3NO. The Hall–Kier alpha value is -1.62. The second-order valence-electron chi connectivity index (χ2n) is 3.78. The lowest BCUT2D eigenvalue weighted by atomic mass is 10.1. The fourth-order valence-corrected chi connectivity index (χ4v) is 1.76. The van der Waals surface area contributed by atoms with Crippen molar-refractivity contribution in [2.45, 2.75) is 13.3 Å². The maximum Gasteiger partial charge on any atom is 0.573 e. The van der Waals surface area contributed by atoms with Gasteiger partial charge in [0.1, 0.15) is 5.75 Å². The summed E-state index contributed by atoms with van der Waals surface area (Å²) in [5.74, 6) is -0.406. The van der Waals surface area contributed by atoms with Crippen molar-refractivity contribution in [2.24, 2.45) is 0 Å². The predicted octanol–water partition coefficient (Wildman–Crippen LogP) is 4.54. The summed E-state index contributed by atoms with van der Waals surface area (Å²) >= 11 is 5.75. The number of aromatic nitrogens is 1. The van der Waals surface area contributed by atoms with Gasteiger partial charge in [-0.15, -0.1) is 13.2 Å². The van der Waals surface area contributed by atoms with Crippen LogP contribution in [0.2, 0.25) is 5.02 Å². The van der Waals surface area contributed by atoms with Gasteiger partial charge in [-0.05, 0) is 42.3 Å². The molecule has 0 aliphatic carbocycles. The molecule has 0 atom stereocenters. The molecular weight excluding hydrogens is 267 g/mol. The Balaban J connectivity index is 2.30. The maximum atomic E-state index is 12.1. The van der Waals surface area contributed by atoms with E-state index in [1.807, 2.05) is 13.0 Å². The number of nitrogens with one attached hydrogen (secondary N) is 1. The highest BCUT2D eigenvalue weighted by Gasteiger charge is 2.32. The van der Waals surface area contributed by atoms with Gasteiger partial charge in [-0.3, -0.25) is 0 Å². The molecule has 1 N–H and O–H groups in total. The number of ether oxygens (including phenoxy) is 1. The molecule has 0 amide bonds. The molecule has 1 heterocycles. The zero-order valence-corrected chi connectivity index (χ0v) is 10.1. The van der Waals surface area contributed by atoms with Gasteiger partial charge >= 0.3 is 6.36 Å². The van der Waals surface area contributed by atoms with Crippen molar-refractivity contribution in [3.8, 4) is 17.0 Å². The van der Waals surface area contributed by atoms with Gasteiger partial charge in [0.15, 0.2) is 0 Å². The SMILES string of the molecule is Cc1c[nH]c(-c2ccc(OC(F)(F)F)c(Cl)c2)c1. The molecule has 0 aliphatic rings. The standard InChI is InChI=1S/C12H9ClF3NO/c1-7-4-10(17-6-7)8-2-3-11(9(13)5-8)18-12(14,15)16/h2-6,17H,1H3. The molecule has 1 aromatic carbocycles. The largest absolute Gasteiger partial charge is 0.573 e. The van der Waals surface area contributed by atoms with Crippen LogP contribution in [0.25, 0.3) is 11.3 Å². The first-order valence-corrected chi connectivity index (χ1v) is 5.43. The van der Waals surface area contributed by atoms with Crippen LogP contribution in [0.5, 0.6) is 5.75 Å². The summed E-state index contributed by atoms with van der Waals surface area (Å²) in [6.45, 7) is 1.91. The maximum absolute atomic E-state index is 12.1. The van der Waals surface area contributed by atoms with E-state index in [1.165, 1.54) is 18.2 Å². The third-order valence-corrected chi connectivity index (χ3v) is 2.59. The molecule has 6 heteroatoms. The lowest BCUT2D eigenvalue weighted by Crippen LogP contribution is -2.17. The van der Waals surface area contributed by atoms with E-state index in [-0.39, 0.29) is 5.02 Å². The van der Waals surface area contributed by atoms with Gasteiger partial charge in [-0.25, -0.2) is 0 Å². The van der Waals surface area contributed by atoms with Gasteiger partial charge in [0.25, 0.3) is 0 Å². The zero-order chi connectivity index (χ0) is 13.3. The summed E-state index contributed by atoms with van der Waals surface area (Å²) in [5.41, 5.74) is 2.51. The topological polar surface area (TPSA) is 25.0 Å². The molecule has 96 valence electrons. The van der Waals surface area contributed by atoms with Gasteiger partial charge in [0.05, 0.1) is 5.02 Å². The van der Waals surface area contributed by atoms with Crippen LogP contribution < -0.4 is 4.74 Å². The smallest absolute Gasteiger partial charge is 0.404 e. The van der Waals surface area contributed by atoms with E-state index in [4.69, 9.17) is 11.6 Å². The second-order valence-corrected chi connectivity index (χ2v) is 4.19.